The van der Waals surface area contributed by atoms with Crippen molar-refractivity contribution in [1.29, 1.82) is 0 Å². The van der Waals surface area contributed by atoms with Crippen LogP contribution in [0, 0.1) is 18.6 Å². The molecule has 1 atom stereocenters. The predicted molar refractivity (Wildman–Crippen MR) is 70.6 cm³/mol. The first kappa shape index (κ1) is 13.6. The molecule has 0 fully saturated rings. The van der Waals surface area contributed by atoms with Crippen molar-refractivity contribution in [2.24, 2.45) is 0 Å². The van der Waals surface area contributed by atoms with E-state index in [1.165, 1.54) is 12.1 Å². The summed E-state index contributed by atoms with van der Waals surface area (Å²) in [6, 6.07) is 7.28. The molecule has 2 aromatic rings. The molecule has 19 heavy (non-hydrogen) atoms. The molecule has 1 heterocycles. The number of hydrogen-bond acceptors (Lipinski definition) is 2. The smallest absolute Gasteiger partial charge is 0.130 e. The van der Waals surface area contributed by atoms with E-state index in [0.717, 1.165) is 17.3 Å². The van der Waals surface area contributed by atoms with E-state index in [2.05, 4.69) is 10.3 Å². The second-order valence-corrected chi connectivity index (χ2v) is 4.54. The Balaban J connectivity index is 2.05. The molecule has 0 amide bonds. The molecule has 0 saturated heterocycles. The molecule has 1 unspecified atom stereocenters. The lowest BCUT2D eigenvalue weighted by Gasteiger charge is -2.15. The summed E-state index contributed by atoms with van der Waals surface area (Å²) in [5.74, 6) is -1.09. The Hall–Kier alpha value is -1.81. The Morgan fingerprint density at radius 3 is 2.74 bits per heavy atom. The van der Waals surface area contributed by atoms with Gasteiger partial charge in [0.25, 0.3) is 0 Å². The van der Waals surface area contributed by atoms with E-state index in [1.807, 2.05) is 26.0 Å². The maximum Gasteiger partial charge on any atom is 0.130 e. The molecular formula is C15H16F2N2. The average Bonchev–Trinajstić information content (AvgIpc) is 2.37. The number of aryl methyl sites for hydroxylation is 1. The van der Waals surface area contributed by atoms with Gasteiger partial charge in [-0.3, -0.25) is 4.98 Å². The van der Waals surface area contributed by atoms with E-state index in [4.69, 9.17) is 0 Å². The zero-order valence-electron chi connectivity index (χ0n) is 11.0. The van der Waals surface area contributed by atoms with Crippen LogP contribution in [0.5, 0.6) is 0 Å². The number of nitrogens with zero attached hydrogens (tertiary/aromatic N) is 1. The Morgan fingerprint density at radius 2 is 2.05 bits per heavy atom. The molecule has 0 saturated carbocycles. The van der Waals surface area contributed by atoms with Crippen molar-refractivity contribution >= 4 is 0 Å². The number of rotatable bonds is 4. The highest BCUT2D eigenvalue weighted by Crippen LogP contribution is 2.18. The van der Waals surface area contributed by atoms with Gasteiger partial charge in [-0.25, -0.2) is 8.78 Å². The van der Waals surface area contributed by atoms with Crippen LogP contribution in [0.3, 0.4) is 0 Å². The molecule has 1 N–H and O–H groups in total. The van der Waals surface area contributed by atoms with Crippen LogP contribution in [0.4, 0.5) is 8.78 Å². The lowest BCUT2D eigenvalue weighted by atomic mass is 10.1. The second-order valence-electron chi connectivity index (χ2n) is 4.54. The number of aromatic nitrogens is 1. The molecular weight excluding hydrogens is 246 g/mol. The Morgan fingerprint density at radius 1 is 1.26 bits per heavy atom. The highest BCUT2D eigenvalue weighted by molar-refractivity contribution is 5.22. The summed E-state index contributed by atoms with van der Waals surface area (Å²) in [5, 5.41) is 3.19. The van der Waals surface area contributed by atoms with Gasteiger partial charge in [-0.15, -0.1) is 0 Å². The summed E-state index contributed by atoms with van der Waals surface area (Å²) < 4.78 is 26.5. The highest BCUT2D eigenvalue weighted by Gasteiger charge is 2.11. The summed E-state index contributed by atoms with van der Waals surface area (Å²) >= 11 is 0. The van der Waals surface area contributed by atoms with Gasteiger partial charge >= 0.3 is 0 Å². The van der Waals surface area contributed by atoms with Gasteiger partial charge in [0, 0.05) is 30.4 Å². The number of nitrogens with one attached hydrogen (secondary N) is 1. The summed E-state index contributed by atoms with van der Waals surface area (Å²) in [7, 11) is 0. The van der Waals surface area contributed by atoms with Crippen LogP contribution in [0.2, 0.25) is 0 Å². The zero-order chi connectivity index (χ0) is 13.8. The standard InChI is InChI=1S/C15H16F2N2/c1-10-4-3-7-18-15(10)9-19-11(2)13-6-5-12(16)8-14(13)17/h3-8,11,19H,9H2,1-2H3. The van der Waals surface area contributed by atoms with Crippen molar-refractivity contribution < 1.29 is 8.78 Å². The van der Waals surface area contributed by atoms with Gasteiger partial charge in [-0.05, 0) is 31.5 Å². The van der Waals surface area contributed by atoms with Crippen molar-refractivity contribution in [2.75, 3.05) is 0 Å². The predicted octanol–water partition coefficient (Wildman–Crippen LogP) is 3.52. The third-order valence-electron chi connectivity index (χ3n) is 3.12. The number of hydrogen-bond donors (Lipinski definition) is 1. The van der Waals surface area contributed by atoms with E-state index >= 15 is 0 Å². The average molecular weight is 262 g/mol. The quantitative estimate of drug-likeness (QED) is 0.912. The number of pyridine rings is 1. The largest absolute Gasteiger partial charge is 0.304 e. The molecule has 2 nitrogen and oxygen atoms in total. The van der Waals surface area contributed by atoms with Crippen molar-refractivity contribution in [2.45, 2.75) is 26.4 Å². The van der Waals surface area contributed by atoms with Crippen LogP contribution in [0.1, 0.15) is 29.8 Å². The maximum absolute atomic E-state index is 13.6. The fraction of sp³-hybridized carbons (Fsp3) is 0.267. The van der Waals surface area contributed by atoms with Crippen LogP contribution in [0.15, 0.2) is 36.5 Å². The minimum Gasteiger partial charge on any atom is -0.304 e. The van der Waals surface area contributed by atoms with E-state index in [9.17, 15) is 8.78 Å². The normalized spacial score (nSPS) is 12.4. The van der Waals surface area contributed by atoms with Gasteiger partial charge < -0.3 is 5.32 Å². The lowest BCUT2D eigenvalue weighted by Crippen LogP contribution is -2.20. The zero-order valence-corrected chi connectivity index (χ0v) is 11.0. The first-order valence-corrected chi connectivity index (χ1v) is 6.16. The molecule has 1 aromatic carbocycles. The highest BCUT2D eigenvalue weighted by atomic mass is 19.1. The molecule has 0 spiro atoms. The number of halogens is 2. The van der Waals surface area contributed by atoms with Crippen LogP contribution in [-0.2, 0) is 6.54 Å². The minimum atomic E-state index is -0.561. The van der Waals surface area contributed by atoms with Crippen molar-refractivity contribution in [3.63, 3.8) is 0 Å². The second kappa shape index (κ2) is 5.89. The summed E-state index contributed by atoms with van der Waals surface area (Å²) in [6.07, 6.45) is 1.73. The third kappa shape index (κ3) is 3.35. The van der Waals surface area contributed by atoms with Crippen molar-refractivity contribution in [1.82, 2.24) is 10.3 Å². The monoisotopic (exact) mass is 262 g/mol. The molecule has 0 bridgehead atoms. The SMILES string of the molecule is Cc1cccnc1CNC(C)c1ccc(F)cc1F. The molecule has 1 aromatic heterocycles. The summed E-state index contributed by atoms with van der Waals surface area (Å²) in [4.78, 5) is 4.26. The molecule has 0 aliphatic carbocycles. The van der Waals surface area contributed by atoms with Gasteiger partial charge in [0.1, 0.15) is 11.6 Å². The fourth-order valence-corrected chi connectivity index (χ4v) is 1.92. The van der Waals surface area contributed by atoms with Gasteiger partial charge in [-0.2, -0.15) is 0 Å². The van der Waals surface area contributed by atoms with E-state index < -0.39 is 11.6 Å². The Kier molecular flexibility index (Phi) is 4.22. The lowest BCUT2D eigenvalue weighted by molar-refractivity contribution is 0.514. The Labute approximate surface area is 111 Å². The minimum absolute atomic E-state index is 0.206. The summed E-state index contributed by atoms with van der Waals surface area (Å²) in [5.41, 5.74) is 2.47. The van der Waals surface area contributed by atoms with Crippen LogP contribution >= 0.6 is 0 Å². The number of benzene rings is 1. The van der Waals surface area contributed by atoms with E-state index in [-0.39, 0.29) is 6.04 Å². The van der Waals surface area contributed by atoms with Gasteiger partial charge in [0.2, 0.25) is 0 Å². The molecule has 0 aliphatic rings. The van der Waals surface area contributed by atoms with Gasteiger partial charge in [0.05, 0.1) is 5.69 Å². The first-order valence-electron chi connectivity index (χ1n) is 6.16. The third-order valence-corrected chi connectivity index (χ3v) is 3.12. The van der Waals surface area contributed by atoms with E-state index in [1.54, 1.807) is 6.20 Å². The van der Waals surface area contributed by atoms with Crippen LogP contribution in [0.25, 0.3) is 0 Å². The molecule has 0 aliphatic heterocycles. The van der Waals surface area contributed by atoms with Crippen molar-refractivity contribution in [3.8, 4) is 0 Å². The summed E-state index contributed by atoms with van der Waals surface area (Å²) in [6.45, 7) is 4.37. The van der Waals surface area contributed by atoms with Crippen LogP contribution in [-0.4, -0.2) is 4.98 Å². The van der Waals surface area contributed by atoms with Gasteiger partial charge in [0.15, 0.2) is 0 Å². The molecule has 0 radical (unpaired) electrons. The first-order chi connectivity index (χ1) is 9.08. The van der Waals surface area contributed by atoms with Crippen molar-refractivity contribution in [3.05, 3.63) is 65.0 Å². The van der Waals surface area contributed by atoms with Gasteiger partial charge in [-0.1, -0.05) is 12.1 Å². The maximum atomic E-state index is 13.6. The molecule has 100 valence electrons. The van der Waals surface area contributed by atoms with Crippen LogP contribution < -0.4 is 5.32 Å². The van der Waals surface area contributed by atoms with E-state index in [0.29, 0.717) is 12.1 Å². The fourth-order valence-electron chi connectivity index (χ4n) is 1.92. The Bertz CT molecular complexity index is 570. The molecule has 2 rings (SSSR count). The molecule has 4 heteroatoms. The topological polar surface area (TPSA) is 24.9 Å².